The van der Waals surface area contributed by atoms with Crippen molar-refractivity contribution in [3.8, 4) is 0 Å². The molecule has 2 aliphatic rings. The maximum atomic E-state index is 13.8. The van der Waals surface area contributed by atoms with Crippen LogP contribution in [-0.2, 0) is 19.2 Å². The summed E-state index contributed by atoms with van der Waals surface area (Å²) in [6, 6.07) is 23.1. The lowest BCUT2D eigenvalue weighted by Gasteiger charge is -2.29. The van der Waals surface area contributed by atoms with Crippen molar-refractivity contribution in [1.82, 2.24) is 0 Å². The number of imide groups is 1. The van der Waals surface area contributed by atoms with Crippen LogP contribution in [0.4, 0.5) is 17.1 Å². The molecule has 0 bridgehead atoms. The molecule has 8 heteroatoms. The topological polar surface area (TPSA) is 79.4 Å². The van der Waals surface area contributed by atoms with Gasteiger partial charge in [-0.1, -0.05) is 30.3 Å². The quantitative estimate of drug-likeness (QED) is 0.386. The van der Waals surface area contributed by atoms with Crippen LogP contribution in [0.1, 0.15) is 28.9 Å². The molecule has 0 N–H and O–H groups in total. The minimum Gasteiger partial charge on any atom is -0.462 e. The van der Waals surface area contributed by atoms with Crippen molar-refractivity contribution in [1.29, 1.82) is 0 Å². The molecule has 2 aliphatic heterocycles. The number of carbonyl (C=O) groups excluding carboxylic acids is 3. The fourth-order valence-corrected chi connectivity index (χ4v) is 4.74. The molecule has 3 atom stereocenters. The SMILES string of the molecule is CCOC(=O)c1ccc(N2C(=O)C3ON(c4ccccc4)C(c4ccc(N(C)C)cc4)C3C2=O)cc1. The molecule has 3 aromatic carbocycles. The van der Waals surface area contributed by atoms with Gasteiger partial charge in [-0.15, -0.1) is 0 Å². The van der Waals surface area contributed by atoms with E-state index in [1.807, 2.05) is 73.6 Å². The Labute approximate surface area is 209 Å². The molecule has 2 amide bonds. The first kappa shape index (κ1) is 23.6. The fourth-order valence-electron chi connectivity index (χ4n) is 4.74. The van der Waals surface area contributed by atoms with Crippen molar-refractivity contribution in [2.75, 3.05) is 35.6 Å². The molecule has 8 nitrogen and oxygen atoms in total. The summed E-state index contributed by atoms with van der Waals surface area (Å²) in [7, 11) is 3.93. The molecule has 0 aliphatic carbocycles. The number of anilines is 3. The number of benzene rings is 3. The summed E-state index contributed by atoms with van der Waals surface area (Å²) in [6.45, 7) is 2.00. The van der Waals surface area contributed by atoms with Crippen molar-refractivity contribution < 1.29 is 24.0 Å². The molecule has 184 valence electrons. The standard InChI is InChI=1S/C28H27N3O5/c1-4-35-28(34)19-12-16-21(17-13-19)30-26(32)23-24(18-10-14-20(15-11-18)29(2)3)31(36-25(23)27(30)33)22-8-6-5-7-9-22/h5-17,23-25H,4H2,1-3H3. The Balaban J connectivity index is 1.50. The van der Waals surface area contributed by atoms with Gasteiger partial charge in [0, 0.05) is 19.8 Å². The van der Waals surface area contributed by atoms with Crippen LogP contribution < -0.4 is 14.9 Å². The van der Waals surface area contributed by atoms with Crippen LogP contribution >= 0.6 is 0 Å². The van der Waals surface area contributed by atoms with Crippen molar-refractivity contribution in [3.05, 3.63) is 90.0 Å². The number of para-hydroxylation sites is 1. The third kappa shape index (κ3) is 3.99. The first-order chi connectivity index (χ1) is 17.4. The van der Waals surface area contributed by atoms with Gasteiger partial charge in [0.2, 0.25) is 5.91 Å². The van der Waals surface area contributed by atoms with Crippen LogP contribution in [0.5, 0.6) is 0 Å². The molecule has 36 heavy (non-hydrogen) atoms. The Bertz CT molecular complexity index is 1270. The van der Waals surface area contributed by atoms with E-state index in [-0.39, 0.29) is 12.5 Å². The smallest absolute Gasteiger partial charge is 0.338 e. The summed E-state index contributed by atoms with van der Waals surface area (Å²) in [6.07, 6.45) is -0.957. The van der Waals surface area contributed by atoms with Crippen molar-refractivity contribution in [2.24, 2.45) is 5.92 Å². The molecule has 2 saturated heterocycles. The number of rotatable bonds is 6. The van der Waals surface area contributed by atoms with Crippen molar-refractivity contribution in [3.63, 3.8) is 0 Å². The number of amides is 2. The summed E-state index contributed by atoms with van der Waals surface area (Å²) in [5.74, 6) is -1.95. The number of hydrogen-bond donors (Lipinski definition) is 0. The molecule has 0 radical (unpaired) electrons. The summed E-state index contributed by atoms with van der Waals surface area (Å²) in [5, 5.41) is 1.68. The second kappa shape index (κ2) is 9.47. The first-order valence-corrected chi connectivity index (χ1v) is 11.8. The highest BCUT2D eigenvalue weighted by Crippen LogP contribution is 2.47. The molecule has 3 unspecified atom stereocenters. The van der Waals surface area contributed by atoms with E-state index in [4.69, 9.17) is 9.57 Å². The van der Waals surface area contributed by atoms with Crippen LogP contribution in [0.15, 0.2) is 78.9 Å². The van der Waals surface area contributed by atoms with Crippen LogP contribution in [0.3, 0.4) is 0 Å². The molecule has 0 spiro atoms. The maximum absolute atomic E-state index is 13.8. The third-order valence-corrected chi connectivity index (χ3v) is 6.51. The van der Waals surface area contributed by atoms with Gasteiger partial charge in [0.15, 0.2) is 6.10 Å². The van der Waals surface area contributed by atoms with Gasteiger partial charge in [-0.2, -0.15) is 0 Å². The summed E-state index contributed by atoms with van der Waals surface area (Å²) in [5.41, 5.74) is 3.41. The summed E-state index contributed by atoms with van der Waals surface area (Å²) in [4.78, 5) is 48.6. The van der Waals surface area contributed by atoms with E-state index in [0.717, 1.165) is 21.8 Å². The molecule has 0 aromatic heterocycles. The van der Waals surface area contributed by atoms with Crippen LogP contribution in [0, 0.1) is 5.92 Å². The lowest BCUT2D eigenvalue weighted by atomic mass is 9.90. The van der Waals surface area contributed by atoms with Crippen molar-refractivity contribution in [2.45, 2.75) is 19.1 Å². The van der Waals surface area contributed by atoms with E-state index >= 15 is 0 Å². The van der Waals surface area contributed by atoms with E-state index < -0.39 is 29.9 Å². The summed E-state index contributed by atoms with van der Waals surface area (Å²) >= 11 is 0. The fraction of sp³-hybridized carbons (Fsp3) is 0.250. The van der Waals surface area contributed by atoms with E-state index in [9.17, 15) is 14.4 Å². The molecule has 3 aromatic rings. The average molecular weight is 486 g/mol. The highest BCUT2D eigenvalue weighted by molar-refractivity contribution is 6.24. The van der Waals surface area contributed by atoms with Gasteiger partial charge >= 0.3 is 5.97 Å². The Morgan fingerprint density at radius 1 is 0.889 bits per heavy atom. The maximum Gasteiger partial charge on any atom is 0.338 e. The Kier molecular flexibility index (Phi) is 6.20. The third-order valence-electron chi connectivity index (χ3n) is 6.51. The molecular weight excluding hydrogens is 458 g/mol. The zero-order valence-corrected chi connectivity index (χ0v) is 20.3. The van der Waals surface area contributed by atoms with E-state index in [1.54, 1.807) is 36.3 Å². The van der Waals surface area contributed by atoms with Gasteiger partial charge in [0.25, 0.3) is 5.91 Å². The van der Waals surface area contributed by atoms with E-state index in [1.165, 1.54) is 0 Å². The lowest BCUT2D eigenvalue weighted by Crippen LogP contribution is -2.37. The normalized spacial score (nSPS) is 21.0. The van der Waals surface area contributed by atoms with Gasteiger partial charge in [-0.05, 0) is 61.0 Å². The molecule has 2 fully saturated rings. The van der Waals surface area contributed by atoms with Crippen LogP contribution in [-0.4, -0.2) is 44.6 Å². The number of carbonyl (C=O) groups is 3. The number of hydrogen-bond acceptors (Lipinski definition) is 7. The molecule has 5 rings (SSSR count). The minimum atomic E-state index is -0.957. The highest BCUT2D eigenvalue weighted by atomic mass is 16.7. The Morgan fingerprint density at radius 2 is 1.56 bits per heavy atom. The zero-order chi connectivity index (χ0) is 25.4. The van der Waals surface area contributed by atoms with Crippen LogP contribution in [0.25, 0.3) is 0 Å². The van der Waals surface area contributed by atoms with Crippen LogP contribution in [0.2, 0.25) is 0 Å². The van der Waals surface area contributed by atoms with E-state index in [0.29, 0.717) is 11.3 Å². The lowest BCUT2D eigenvalue weighted by molar-refractivity contribution is -0.126. The van der Waals surface area contributed by atoms with E-state index in [2.05, 4.69) is 0 Å². The number of hydroxylamine groups is 1. The molecule has 0 saturated carbocycles. The minimum absolute atomic E-state index is 0.263. The number of ether oxygens (including phenoxy) is 1. The molecular formula is C28H27N3O5. The average Bonchev–Trinajstić information content (AvgIpc) is 3.40. The number of esters is 1. The predicted molar refractivity (Wildman–Crippen MR) is 136 cm³/mol. The second-order valence-electron chi connectivity index (χ2n) is 8.92. The van der Waals surface area contributed by atoms with Gasteiger partial charge in [-0.3, -0.25) is 14.4 Å². The first-order valence-electron chi connectivity index (χ1n) is 11.8. The van der Waals surface area contributed by atoms with Gasteiger partial charge in [0.1, 0.15) is 5.92 Å². The predicted octanol–water partition coefficient (Wildman–Crippen LogP) is 3.98. The van der Waals surface area contributed by atoms with Gasteiger partial charge in [0.05, 0.1) is 29.6 Å². The summed E-state index contributed by atoms with van der Waals surface area (Å²) < 4.78 is 5.02. The van der Waals surface area contributed by atoms with Crippen molar-refractivity contribution >= 4 is 34.8 Å². The highest BCUT2D eigenvalue weighted by Gasteiger charge is 2.60. The Morgan fingerprint density at radius 3 is 2.17 bits per heavy atom. The van der Waals surface area contributed by atoms with Gasteiger partial charge in [-0.25, -0.2) is 14.8 Å². The largest absolute Gasteiger partial charge is 0.462 e. The zero-order valence-electron chi connectivity index (χ0n) is 20.3. The molecule has 2 heterocycles. The second-order valence-corrected chi connectivity index (χ2v) is 8.92. The monoisotopic (exact) mass is 485 g/mol. The Hall–Kier alpha value is -4.17. The van der Waals surface area contributed by atoms with Gasteiger partial charge < -0.3 is 9.64 Å². The number of fused-ring (bicyclic) bond motifs is 1. The number of nitrogens with zero attached hydrogens (tertiary/aromatic N) is 3.